The van der Waals surface area contributed by atoms with Crippen molar-refractivity contribution in [3.8, 4) is 0 Å². The van der Waals surface area contributed by atoms with Gasteiger partial charge in [-0.05, 0) is 13.0 Å². The molecular weight excluding hydrogens is 211 g/mol. The molecule has 8 heteroatoms. The van der Waals surface area contributed by atoms with Crippen LogP contribution in [-0.4, -0.2) is 20.0 Å². The van der Waals surface area contributed by atoms with Crippen molar-refractivity contribution in [2.24, 2.45) is 0 Å². The van der Waals surface area contributed by atoms with Crippen LogP contribution in [0.25, 0.3) is 0 Å². The molecule has 1 rings (SSSR count). The molecule has 0 spiro atoms. The van der Waals surface area contributed by atoms with E-state index in [0.717, 1.165) is 0 Å². The first-order valence-electron chi connectivity index (χ1n) is 3.68. The summed E-state index contributed by atoms with van der Waals surface area (Å²) in [6.07, 6.45) is -0.882. The SMILES string of the molecule is CC(OP(=O)(O)O)c1ccc(=O)[nH]n1. The second kappa shape index (κ2) is 4.02. The van der Waals surface area contributed by atoms with Gasteiger partial charge in [0.1, 0.15) is 6.10 Å². The normalized spacial score (nSPS) is 13.9. The van der Waals surface area contributed by atoms with Crippen LogP contribution in [0.5, 0.6) is 0 Å². The van der Waals surface area contributed by atoms with E-state index in [-0.39, 0.29) is 5.69 Å². The van der Waals surface area contributed by atoms with Crippen molar-refractivity contribution in [1.29, 1.82) is 0 Å². The van der Waals surface area contributed by atoms with Crippen molar-refractivity contribution in [2.75, 3.05) is 0 Å². The molecule has 0 radical (unpaired) electrons. The predicted molar refractivity (Wildman–Crippen MR) is 46.4 cm³/mol. The third-order valence-corrected chi connectivity index (χ3v) is 2.00. The molecule has 0 aliphatic rings. The Morgan fingerprint density at radius 3 is 2.64 bits per heavy atom. The van der Waals surface area contributed by atoms with Gasteiger partial charge >= 0.3 is 7.82 Å². The van der Waals surface area contributed by atoms with Gasteiger partial charge in [-0.1, -0.05) is 0 Å². The molecule has 7 nitrogen and oxygen atoms in total. The number of phosphoric ester groups is 1. The van der Waals surface area contributed by atoms with Crippen molar-refractivity contribution >= 4 is 7.82 Å². The highest BCUT2D eigenvalue weighted by Crippen LogP contribution is 2.41. The van der Waals surface area contributed by atoms with Crippen LogP contribution >= 0.6 is 7.82 Å². The highest BCUT2D eigenvalue weighted by atomic mass is 31.2. The van der Waals surface area contributed by atoms with E-state index in [1.807, 2.05) is 0 Å². The Morgan fingerprint density at radius 1 is 1.57 bits per heavy atom. The van der Waals surface area contributed by atoms with Crippen molar-refractivity contribution in [2.45, 2.75) is 13.0 Å². The molecule has 0 aliphatic carbocycles. The molecule has 14 heavy (non-hydrogen) atoms. The van der Waals surface area contributed by atoms with Gasteiger partial charge in [-0.3, -0.25) is 9.32 Å². The number of hydrogen-bond donors (Lipinski definition) is 3. The Balaban J connectivity index is 2.80. The van der Waals surface area contributed by atoms with E-state index in [1.165, 1.54) is 19.1 Å². The summed E-state index contributed by atoms with van der Waals surface area (Å²) >= 11 is 0. The number of aromatic amines is 1. The molecule has 1 atom stereocenters. The van der Waals surface area contributed by atoms with E-state index in [9.17, 15) is 9.36 Å². The average Bonchev–Trinajstić information content (AvgIpc) is 2.02. The highest BCUT2D eigenvalue weighted by molar-refractivity contribution is 7.46. The van der Waals surface area contributed by atoms with Crippen LogP contribution in [0.3, 0.4) is 0 Å². The first kappa shape index (κ1) is 11.1. The second-order valence-electron chi connectivity index (χ2n) is 2.58. The van der Waals surface area contributed by atoms with Crippen molar-refractivity contribution < 1.29 is 18.9 Å². The molecule has 3 N–H and O–H groups in total. The summed E-state index contributed by atoms with van der Waals surface area (Å²) in [5, 5.41) is 5.68. The Bertz CT molecular complexity index is 390. The minimum absolute atomic E-state index is 0.243. The standard InChI is InChI=1S/C6H9N2O5P/c1-4(13-14(10,11)12)5-2-3-6(9)8-7-5/h2-4H,1H3,(H,8,9)(H2,10,11,12). The molecule has 0 aliphatic heterocycles. The lowest BCUT2D eigenvalue weighted by molar-refractivity contribution is 0.142. The van der Waals surface area contributed by atoms with Crippen molar-refractivity contribution in [3.63, 3.8) is 0 Å². The zero-order chi connectivity index (χ0) is 10.8. The number of H-pyrrole nitrogens is 1. The maximum Gasteiger partial charge on any atom is 0.470 e. The largest absolute Gasteiger partial charge is 0.470 e. The quantitative estimate of drug-likeness (QED) is 0.615. The van der Waals surface area contributed by atoms with Gasteiger partial charge in [0.05, 0.1) is 5.69 Å². The van der Waals surface area contributed by atoms with Gasteiger partial charge in [-0.2, -0.15) is 5.10 Å². The smallest absolute Gasteiger partial charge is 0.303 e. The molecule has 1 unspecified atom stereocenters. The molecule has 78 valence electrons. The summed E-state index contributed by atoms with van der Waals surface area (Å²) in [4.78, 5) is 27.6. The van der Waals surface area contributed by atoms with E-state index in [4.69, 9.17) is 9.79 Å². The zero-order valence-electron chi connectivity index (χ0n) is 7.25. The van der Waals surface area contributed by atoms with Gasteiger partial charge in [-0.15, -0.1) is 0 Å². The fraction of sp³-hybridized carbons (Fsp3) is 0.333. The van der Waals surface area contributed by atoms with Gasteiger partial charge < -0.3 is 9.79 Å². The van der Waals surface area contributed by atoms with Crippen molar-refractivity contribution in [1.82, 2.24) is 10.2 Å². The lowest BCUT2D eigenvalue weighted by Gasteiger charge is -2.11. The fourth-order valence-electron chi connectivity index (χ4n) is 0.842. The van der Waals surface area contributed by atoms with E-state index in [2.05, 4.69) is 14.7 Å². The van der Waals surface area contributed by atoms with Crippen LogP contribution in [0.15, 0.2) is 16.9 Å². The number of aromatic nitrogens is 2. The molecule has 1 aromatic heterocycles. The van der Waals surface area contributed by atoms with Gasteiger partial charge in [0, 0.05) is 6.07 Å². The highest BCUT2D eigenvalue weighted by Gasteiger charge is 2.20. The fourth-order valence-corrected chi connectivity index (χ4v) is 1.36. The zero-order valence-corrected chi connectivity index (χ0v) is 8.14. The topological polar surface area (TPSA) is 113 Å². The average molecular weight is 220 g/mol. The van der Waals surface area contributed by atoms with E-state index >= 15 is 0 Å². The maximum atomic E-state index is 10.6. The van der Waals surface area contributed by atoms with Crippen LogP contribution < -0.4 is 5.56 Å². The van der Waals surface area contributed by atoms with Crippen molar-refractivity contribution in [3.05, 3.63) is 28.2 Å². The number of nitrogens with one attached hydrogen (secondary N) is 1. The Kier molecular flexibility index (Phi) is 3.17. The maximum absolute atomic E-state index is 10.6. The molecule has 0 saturated heterocycles. The summed E-state index contributed by atoms with van der Waals surface area (Å²) in [7, 11) is -4.53. The minimum atomic E-state index is -4.53. The van der Waals surface area contributed by atoms with Crippen LogP contribution in [0.1, 0.15) is 18.7 Å². The molecular formula is C6H9N2O5P. The van der Waals surface area contributed by atoms with Crippen LogP contribution in [0.4, 0.5) is 0 Å². The number of hydrogen-bond acceptors (Lipinski definition) is 4. The van der Waals surface area contributed by atoms with Gasteiger partial charge in [-0.25, -0.2) is 9.66 Å². The summed E-state index contributed by atoms with van der Waals surface area (Å²) in [6, 6.07) is 2.53. The Labute approximate surface area is 79.0 Å². The third-order valence-electron chi connectivity index (χ3n) is 1.41. The van der Waals surface area contributed by atoms with Gasteiger partial charge in [0.25, 0.3) is 5.56 Å². The Hall–Kier alpha value is -1.01. The lowest BCUT2D eigenvalue weighted by Crippen LogP contribution is -2.10. The predicted octanol–water partition coefficient (Wildman–Crippen LogP) is -0.0598. The molecule has 1 heterocycles. The van der Waals surface area contributed by atoms with E-state index in [1.54, 1.807) is 0 Å². The van der Waals surface area contributed by atoms with E-state index < -0.39 is 19.5 Å². The number of phosphoric acid groups is 1. The molecule has 0 amide bonds. The first-order chi connectivity index (χ1) is 6.38. The van der Waals surface area contributed by atoms with Crippen LogP contribution in [-0.2, 0) is 9.09 Å². The first-order valence-corrected chi connectivity index (χ1v) is 5.21. The monoisotopic (exact) mass is 220 g/mol. The second-order valence-corrected chi connectivity index (χ2v) is 3.78. The minimum Gasteiger partial charge on any atom is -0.303 e. The summed E-state index contributed by atoms with van der Waals surface area (Å²) in [5.41, 5.74) is -0.148. The Morgan fingerprint density at radius 2 is 2.21 bits per heavy atom. The number of rotatable bonds is 3. The summed E-state index contributed by atoms with van der Waals surface area (Å²) in [6.45, 7) is 1.42. The van der Waals surface area contributed by atoms with Crippen LogP contribution in [0.2, 0.25) is 0 Å². The third kappa shape index (κ3) is 3.39. The van der Waals surface area contributed by atoms with E-state index in [0.29, 0.717) is 0 Å². The summed E-state index contributed by atoms with van der Waals surface area (Å²) < 4.78 is 14.8. The molecule has 1 aromatic rings. The summed E-state index contributed by atoms with van der Waals surface area (Å²) in [5.74, 6) is 0. The molecule has 0 aromatic carbocycles. The lowest BCUT2D eigenvalue weighted by atomic mass is 10.3. The van der Waals surface area contributed by atoms with Gasteiger partial charge in [0.2, 0.25) is 0 Å². The van der Waals surface area contributed by atoms with Gasteiger partial charge in [0.15, 0.2) is 0 Å². The molecule has 0 fully saturated rings. The molecule has 0 bridgehead atoms. The number of nitrogens with zero attached hydrogens (tertiary/aromatic N) is 1. The van der Waals surface area contributed by atoms with Crippen LogP contribution in [0, 0.1) is 0 Å². The molecule has 0 saturated carbocycles.